The molecule has 0 fully saturated rings. The van der Waals surface area contributed by atoms with E-state index in [-0.39, 0.29) is 0 Å². The van der Waals surface area contributed by atoms with Crippen LogP contribution in [0.15, 0.2) is 28.9 Å². The summed E-state index contributed by atoms with van der Waals surface area (Å²) in [6, 6.07) is 0. The molecule has 0 aromatic heterocycles. The quantitative estimate of drug-likeness (QED) is 0.562. The number of hydrogen-bond acceptors (Lipinski definition) is 1. The summed E-state index contributed by atoms with van der Waals surface area (Å²) in [6.45, 7) is 6.39. The normalized spacial score (nSPS) is 28.1. The van der Waals surface area contributed by atoms with Gasteiger partial charge in [0.1, 0.15) is 0 Å². The zero-order valence-electron chi connectivity index (χ0n) is 8.17. The Bertz CT molecular complexity index is 233. The average Bonchev–Trinajstić information content (AvgIpc) is 2.07. The van der Waals surface area contributed by atoms with E-state index in [1.807, 2.05) is 13.0 Å². The Balaban J connectivity index is 2.72. The van der Waals surface area contributed by atoms with E-state index in [2.05, 4.69) is 31.0 Å². The van der Waals surface area contributed by atoms with Crippen LogP contribution in [0.5, 0.6) is 0 Å². The van der Waals surface area contributed by atoms with Gasteiger partial charge in [-0.05, 0) is 38.7 Å². The van der Waals surface area contributed by atoms with Crippen molar-refractivity contribution in [3.63, 3.8) is 0 Å². The second kappa shape index (κ2) is 4.24. The first-order chi connectivity index (χ1) is 5.74. The highest BCUT2D eigenvalue weighted by molar-refractivity contribution is 5.85. The number of nitrogens with zero attached hydrogens (tertiary/aromatic N) is 1. The summed E-state index contributed by atoms with van der Waals surface area (Å²) in [5.74, 6) is 0.674. The Kier molecular flexibility index (Phi) is 3.27. The smallest absolute Gasteiger partial charge is 0.0403 e. The average molecular weight is 163 g/mol. The molecule has 0 saturated heterocycles. The van der Waals surface area contributed by atoms with Crippen molar-refractivity contribution in [2.75, 3.05) is 0 Å². The molecule has 0 amide bonds. The van der Waals surface area contributed by atoms with Crippen LogP contribution in [-0.4, -0.2) is 5.71 Å². The lowest BCUT2D eigenvalue weighted by Gasteiger charge is -2.17. The highest BCUT2D eigenvalue weighted by Crippen LogP contribution is 2.21. The standard InChI is InChI=1S/C11H17N/c1-4-5-6-11-8-7-9(2)10(3)12-11/h4-6,9H,7-8H2,1-3H3/b5-4-,11-6+/t9-/m1/s1. The second-order valence-corrected chi connectivity index (χ2v) is 3.38. The van der Waals surface area contributed by atoms with E-state index < -0.39 is 0 Å². The maximum Gasteiger partial charge on any atom is 0.0403 e. The lowest BCUT2D eigenvalue weighted by molar-refractivity contribution is 0.647. The van der Waals surface area contributed by atoms with Crippen LogP contribution < -0.4 is 0 Å². The molecular formula is C11H17N. The minimum atomic E-state index is 0.674. The summed E-state index contributed by atoms with van der Waals surface area (Å²) >= 11 is 0. The van der Waals surface area contributed by atoms with Crippen molar-refractivity contribution in [3.8, 4) is 0 Å². The molecule has 0 aromatic carbocycles. The van der Waals surface area contributed by atoms with E-state index in [4.69, 9.17) is 0 Å². The Hall–Kier alpha value is -0.850. The molecule has 0 N–H and O–H groups in total. The molecule has 1 heterocycles. The van der Waals surface area contributed by atoms with Gasteiger partial charge in [0.15, 0.2) is 0 Å². The first kappa shape index (κ1) is 9.24. The largest absolute Gasteiger partial charge is 0.262 e. The van der Waals surface area contributed by atoms with Crippen LogP contribution in [0.4, 0.5) is 0 Å². The van der Waals surface area contributed by atoms with Crippen molar-refractivity contribution >= 4 is 5.71 Å². The van der Waals surface area contributed by atoms with Gasteiger partial charge in [-0.1, -0.05) is 19.1 Å². The fourth-order valence-electron chi connectivity index (χ4n) is 1.29. The van der Waals surface area contributed by atoms with Gasteiger partial charge in [0.2, 0.25) is 0 Å². The summed E-state index contributed by atoms with van der Waals surface area (Å²) < 4.78 is 0. The fourth-order valence-corrected chi connectivity index (χ4v) is 1.29. The van der Waals surface area contributed by atoms with Crippen LogP contribution in [0.1, 0.15) is 33.6 Å². The van der Waals surface area contributed by atoms with E-state index >= 15 is 0 Å². The van der Waals surface area contributed by atoms with E-state index in [1.165, 1.54) is 17.8 Å². The topological polar surface area (TPSA) is 12.4 Å². The molecule has 0 aliphatic carbocycles. The zero-order chi connectivity index (χ0) is 8.97. The Morgan fingerprint density at radius 2 is 2.25 bits per heavy atom. The van der Waals surface area contributed by atoms with Gasteiger partial charge in [-0.15, -0.1) is 0 Å². The van der Waals surface area contributed by atoms with Crippen molar-refractivity contribution in [2.45, 2.75) is 33.6 Å². The van der Waals surface area contributed by atoms with Crippen molar-refractivity contribution < 1.29 is 0 Å². The summed E-state index contributed by atoms with van der Waals surface area (Å²) in [6.07, 6.45) is 8.58. The van der Waals surface area contributed by atoms with Gasteiger partial charge in [-0.3, -0.25) is 4.99 Å². The third-order valence-corrected chi connectivity index (χ3v) is 2.35. The van der Waals surface area contributed by atoms with Crippen LogP contribution in [0.3, 0.4) is 0 Å². The molecule has 0 spiro atoms. The van der Waals surface area contributed by atoms with Crippen molar-refractivity contribution in [1.29, 1.82) is 0 Å². The summed E-state index contributed by atoms with van der Waals surface area (Å²) in [7, 11) is 0. The Morgan fingerprint density at radius 3 is 2.83 bits per heavy atom. The third kappa shape index (κ3) is 2.33. The molecular weight excluding hydrogens is 146 g/mol. The van der Waals surface area contributed by atoms with Crippen molar-refractivity contribution in [2.24, 2.45) is 10.9 Å². The minimum absolute atomic E-state index is 0.674. The zero-order valence-corrected chi connectivity index (χ0v) is 8.17. The number of rotatable bonds is 1. The van der Waals surface area contributed by atoms with Gasteiger partial charge >= 0.3 is 0 Å². The molecule has 0 bridgehead atoms. The minimum Gasteiger partial charge on any atom is -0.262 e. The van der Waals surface area contributed by atoms with Crippen LogP contribution in [0, 0.1) is 5.92 Å². The third-order valence-electron chi connectivity index (χ3n) is 2.35. The van der Waals surface area contributed by atoms with E-state index in [0.29, 0.717) is 5.92 Å². The van der Waals surface area contributed by atoms with E-state index in [9.17, 15) is 0 Å². The maximum absolute atomic E-state index is 4.53. The van der Waals surface area contributed by atoms with Gasteiger partial charge < -0.3 is 0 Å². The molecule has 1 heteroatoms. The van der Waals surface area contributed by atoms with Crippen molar-refractivity contribution in [1.82, 2.24) is 0 Å². The van der Waals surface area contributed by atoms with Crippen LogP contribution in [-0.2, 0) is 0 Å². The van der Waals surface area contributed by atoms with Gasteiger partial charge in [0, 0.05) is 11.4 Å². The summed E-state index contributed by atoms with van der Waals surface area (Å²) in [4.78, 5) is 4.53. The highest BCUT2D eigenvalue weighted by atomic mass is 14.8. The molecule has 0 unspecified atom stereocenters. The molecule has 0 radical (unpaired) electrons. The monoisotopic (exact) mass is 163 g/mol. The highest BCUT2D eigenvalue weighted by Gasteiger charge is 2.12. The molecule has 1 nitrogen and oxygen atoms in total. The number of hydrogen-bond donors (Lipinski definition) is 0. The summed E-state index contributed by atoms with van der Waals surface area (Å²) in [5, 5.41) is 0. The molecule has 1 rings (SSSR count). The van der Waals surface area contributed by atoms with Gasteiger partial charge in [0.05, 0.1) is 0 Å². The molecule has 1 aliphatic heterocycles. The first-order valence-electron chi connectivity index (χ1n) is 4.61. The second-order valence-electron chi connectivity index (χ2n) is 3.38. The molecule has 1 aliphatic rings. The number of allylic oxidation sites excluding steroid dienone is 4. The first-order valence-corrected chi connectivity index (χ1v) is 4.61. The van der Waals surface area contributed by atoms with Crippen LogP contribution >= 0.6 is 0 Å². The summed E-state index contributed by atoms with van der Waals surface area (Å²) in [5.41, 5.74) is 2.50. The predicted octanol–water partition coefficient (Wildman–Crippen LogP) is 3.34. The molecule has 66 valence electrons. The van der Waals surface area contributed by atoms with Crippen LogP contribution in [0.2, 0.25) is 0 Å². The Labute approximate surface area is 74.9 Å². The van der Waals surface area contributed by atoms with Crippen molar-refractivity contribution in [3.05, 3.63) is 23.9 Å². The lowest BCUT2D eigenvalue weighted by Crippen LogP contribution is -2.12. The molecule has 12 heavy (non-hydrogen) atoms. The molecule has 0 saturated carbocycles. The lowest BCUT2D eigenvalue weighted by atomic mass is 9.96. The predicted molar refractivity (Wildman–Crippen MR) is 54.4 cm³/mol. The maximum atomic E-state index is 4.53. The van der Waals surface area contributed by atoms with E-state index in [0.717, 1.165) is 6.42 Å². The van der Waals surface area contributed by atoms with Gasteiger partial charge in [-0.25, -0.2) is 0 Å². The Morgan fingerprint density at radius 1 is 1.50 bits per heavy atom. The molecule has 1 atom stereocenters. The van der Waals surface area contributed by atoms with Gasteiger partial charge in [0.25, 0.3) is 0 Å². The molecule has 0 aromatic rings. The SMILES string of the molecule is C/C=C\C=C1/CC[C@@H](C)C(C)=N1. The van der Waals surface area contributed by atoms with Crippen LogP contribution in [0.25, 0.3) is 0 Å². The number of aliphatic imine (C=N–C) groups is 1. The van der Waals surface area contributed by atoms with E-state index in [1.54, 1.807) is 0 Å². The van der Waals surface area contributed by atoms with Gasteiger partial charge in [-0.2, -0.15) is 0 Å². The fraction of sp³-hybridized carbons (Fsp3) is 0.545.